The second-order valence-corrected chi connectivity index (χ2v) is 6.08. The predicted octanol–water partition coefficient (Wildman–Crippen LogP) is 3.11. The lowest BCUT2D eigenvalue weighted by Crippen LogP contribution is -2.48. The zero-order chi connectivity index (χ0) is 14.7. The molecule has 1 aromatic carbocycles. The van der Waals surface area contributed by atoms with E-state index in [0.717, 1.165) is 19.3 Å². The molecule has 0 saturated heterocycles. The summed E-state index contributed by atoms with van der Waals surface area (Å²) in [6.45, 7) is 6.16. The van der Waals surface area contributed by atoms with Crippen LogP contribution in [0.3, 0.4) is 0 Å². The number of amides is 1. The molecule has 1 aliphatic rings. The van der Waals surface area contributed by atoms with E-state index in [9.17, 15) is 4.79 Å². The van der Waals surface area contributed by atoms with Crippen molar-refractivity contribution in [1.29, 1.82) is 0 Å². The van der Waals surface area contributed by atoms with Crippen LogP contribution >= 0.6 is 0 Å². The van der Waals surface area contributed by atoms with Crippen molar-refractivity contribution in [2.24, 2.45) is 11.7 Å². The van der Waals surface area contributed by atoms with E-state index in [1.165, 1.54) is 5.56 Å². The Morgan fingerprint density at radius 2 is 1.90 bits per heavy atom. The number of benzene rings is 1. The Bertz CT molecular complexity index is 440. The highest BCUT2D eigenvalue weighted by Crippen LogP contribution is 2.36. The van der Waals surface area contributed by atoms with Crippen LogP contribution in [-0.4, -0.2) is 22.9 Å². The fourth-order valence-electron chi connectivity index (χ4n) is 2.67. The van der Waals surface area contributed by atoms with Crippen molar-refractivity contribution in [2.45, 2.75) is 58.2 Å². The first-order valence-corrected chi connectivity index (χ1v) is 7.69. The molecule has 2 rings (SSSR count). The molecule has 0 spiro atoms. The first kappa shape index (κ1) is 15.0. The van der Waals surface area contributed by atoms with Crippen molar-refractivity contribution in [3.63, 3.8) is 0 Å². The molecule has 1 amide bonds. The minimum Gasteiger partial charge on any atom is -0.331 e. The first-order valence-electron chi connectivity index (χ1n) is 7.69. The van der Waals surface area contributed by atoms with E-state index in [2.05, 4.69) is 24.0 Å². The average Bonchev–Trinajstić information content (AvgIpc) is 3.28. The summed E-state index contributed by atoms with van der Waals surface area (Å²) >= 11 is 0. The maximum Gasteiger partial charge on any atom is 0.240 e. The highest BCUT2D eigenvalue weighted by molar-refractivity contribution is 5.83. The summed E-state index contributed by atoms with van der Waals surface area (Å²) in [5, 5.41) is 0. The minimum absolute atomic E-state index is 0.109. The molecule has 2 N–H and O–H groups in total. The largest absolute Gasteiger partial charge is 0.331 e. The molecule has 1 fully saturated rings. The van der Waals surface area contributed by atoms with Crippen LogP contribution in [0.1, 0.15) is 51.6 Å². The lowest BCUT2D eigenvalue weighted by atomic mass is 9.98. The van der Waals surface area contributed by atoms with Crippen LogP contribution in [-0.2, 0) is 4.79 Å². The van der Waals surface area contributed by atoms with Crippen molar-refractivity contribution in [1.82, 2.24) is 4.90 Å². The van der Waals surface area contributed by atoms with Gasteiger partial charge in [-0.25, -0.2) is 0 Å². The van der Waals surface area contributed by atoms with Gasteiger partial charge < -0.3 is 10.6 Å². The van der Waals surface area contributed by atoms with E-state index in [-0.39, 0.29) is 17.9 Å². The Morgan fingerprint density at radius 1 is 1.30 bits per heavy atom. The maximum absolute atomic E-state index is 12.7. The predicted molar refractivity (Wildman–Crippen MR) is 82.2 cm³/mol. The van der Waals surface area contributed by atoms with E-state index >= 15 is 0 Å². The van der Waals surface area contributed by atoms with Crippen LogP contribution in [0.15, 0.2) is 30.3 Å². The van der Waals surface area contributed by atoms with E-state index in [4.69, 9.17) is 5.73 Å². The molecule has 0 bridgehead atoms. The van der Waals surface area contributed by atoms with Crippen LogP contribution in [0, 0.1) is 5.92 Å². The fourth-order valence-corrected chi connectivity index (χ4v) is 2.67. The summed E-state index contributed by atoms with van der Waals surface area (Å²) in [7, 11) is 0. The summed E-state index contributed by atoms with van der Waals surface area (Å²) in [4.78, 5) is 14.8. The molecule has 0 aromatic heterocycles. The van der Waals surface area contributed by atoms with Gasteiger partial charge in [-0.1, -0.05) is 51.1 Å². The number of rotatable bonds is 6. The Kier molecular flexibility index (Phi) is 4.81. The molecular weight excluding hydrogens is 248 g/mol. The highest BCUT2D eigenvalue weighted by Gasteiger charge is 2.39. The third-order valence-corrected chi connectivity index (χ3v) is 4.10. The third-order valence-electron chi connectivity index (χ3n) is 4.10. The molecule has 3 nitrogen and oxygen atoms in total. The van der Waals surface area contributed by atoms with Crippen LogP contribution < -0.4 is 5.73 Å². The molecule has 0 aliphatic heterocycles. The second-order valence-electron chi connectivity index (χ2n) is 6.08. The van der Waals surface area contributed by atoms with Gasteiger partial charge in [-0.3, -0.25) is 4.79 Å². The van der Waals surface area contributed by atoms with Gasteiger partial charge in [0.1, 0.15) is 0 Å². The minimum atomic E-state index is -0.395. The van der Waals surface area contributed by atoms with Gasteiger partial charge in [0.2, 0.25) is 5.91 Å². The average molecular weight is 274 g/mol. The van der Waals surface area contributed by atoms with Gasteiger partial charge in [-0.15, -0.1) is 0 Å². The normalized spacial score (nSPS) is 17.9. The van der Waals surface area contributed by atoms with Crippen LogP contribution in [0.25, 0.3) is 0 Å². The van der Waals surface area contributed by atoms with Gasteiger partial charge in [-0.05, 0) is 30.7 Å². The quantitative estimate of drug-likeness (QED) is 0.866. The van der Waals surface area contributed by atoms with E-state index in [0.29, 0.717) is 6.04 Å². The first-order chi connectivity index (χ1) is 9.56. The summed E-state index contributed by atoms with van der Waals surface area (Å²) in [6.07, 6.45) is 3.15. The van der Waals surface area contributed by atoms with Crippen molar-refractivity contribution < 1.29 is 4.79 Å². The summed E-state index contributed by atoms with van der Waals surface area (Å²) < 4.78 is 0. The molecule has 2 atom stereocenters. The smallest absolute Gasteiger partial charge is 0.240 e. The highest BCUT2D eigenvalue weighted by atomic mass is 16.2. The van der Waals surface area contributed by atoms with Gasteiger partial charge >= 0.3 is 0 Å². The van der Waals surface area contributed by atoms with Crippen molar-refractivity contribution in [3.05, 3.63) is 35.9 Å². The van der Waals surface area contributed by atoms with E-state index in [1.54, 1.807) is 0 Å². The van der Waals surface area contributed by atoms with Crippen molar-refractivity contribution in [3.8, 4) is 0 Å². The SMILES string of the molecule is CC[C@H](c1ccccc1)N(C(=O)[C@@H](N)C(C)C)C1CC1. The number of nitrogens with two attached hydrogens (primary N) is 1. The molecule has 0 radical (unpaired) electrons. The Balaban J connectivity index is 2.25. The van der Waals surface area contributed by atoms with Crippen molar-refractivity contribution in [2.75, 3.05) is 0 Å². The Hall–Kier alpha value is -1.35. The number of nitrogens with zero attached hydrogens (tertiary/aromatic N) is 1. The molecule has 0 heterocycles. The molecule has 20 heavy (non-hydrogen) atoms. The molecule has 110 valence electrons. The number of hydrogen-bond donors (Lipinski definition) is 1. The monoisotopic (exact) mass is 274 g/mol. The van der Waals surface area contributed by atoms with Gasteiger partial charge in [0.05, 0.1) is 12.1 Å². The second kappa shape index (κ2) is 6.40. The fraction of sp³-hybridized carbons (Fsp3) is 0.588. The number of hydrogen-bond acceptors (Lipinski definition) is 2. The Labute approximate surface area is 122 Å². The number of carbonyl (C=O) groups excluding carboxylic acids is 1. The zero-order valence-corrected chi connectivity index (χ0v) is 12.8. The molecular formula is C17H26N2O. The lowest BCUT2D eigenvalue weighted by Gasteiger charge is -2.34. The van der Waals surface area contributed by atoms with Gasteiger partial charge in [0.25, 0.3) is 0 Å². The zero-order valence-electron chi connectivity index (χ0n) is 12.8. The maximum atomic E-state index is 12.7. The van der Waals surface area contributed by atoms with Gasteiger partial charge in [0, 0.05) is 6.04 Å². The molecule has 1 aromatic rings. The molecule has 3 heteroatoms. The number of carbonyl (C=O) groups is 1. The lowest BCUT2D eigenvalue weighted by molar-refractivity contribution is -0.137. The van der Waals surface area contributed by atoms with E-state index < -0.39 is 6.04 Å². The molecule has 1 saturated carbocycles. The van der Waals surface area contributed by atoms with Crippen LogP contribution in [0.4, 0.5) is 0 Å². The van der Waals surface area contributed by atoms with E-state index in [1.807, 2.05) is 32.0 Å². The Morgan fingerprint density at radius 3 is 2.35 bits per heavy atom. The van der Waals surface area contributed by atoms with Gasteiger partial charge in [0.15, 0.2) is 0 Å². The summed E-state index contributed by atoms with van der Waals surface area (Å²) in [5.74, 6) is 0.287. The van der Waals surface area contributed by atoms with Crippen LogP contribution in [0.5, 0.6) is 0 Å². The topological polar surface area (TPSA) is 46.3 Å². The molecule has 1 aliphatic carbocycles. The van der Waals surface area contributed by atoms with Crippen LogP contribution in [0.2, 0.25) is 0 Å². The molecule has 0 unspecified atom stereocenters. The summed E-state index contributed by atoms with van der Waals surface area (Å²) in [6, 6.07) is 10.5. The standard InChI is InChI=1S/C17H26N2O/c1-4-15(13-8-6-5-7-9-13)19(14-10-11-14)17(20)16(18)12(2)3/h5-9,12,14-16H,4,10-11,18H2,1-3H3/t15-,16+/m1/s1. The third kappa shape index (κ3) is 3.21. The summed E-state index contributed by atoms with van der Waals surface area (Å²) in [5.41, 5.74) is 7.32. The van der Waals surface area contributed by atoms with Gasteiger partial charge in [-0.2, -0.15) is 0 Å². The van der Waals surface area contributed by atoms with Crippen molar-refractivity contribution >= 4 is 5.91 Å².